The van der Waals surface area contributed by atoms with E-state index in [1.54, 1.807) is 24.3 Å². The lowest BCUT2D eigenvalue weighted by Gasteiger charge is -2.12. The number of hydrogen-bond donors (Lipinski definition) is 2. The Balaban J connectivity index is 2.25. The molecule has 0 saturated carbocycles. The van der Waals surface area contributed by atoms with Crippen LogP contribution in [0.25, 0.3) is 22.3 Å². The smallest absolute Gasteiger partial charge is 0.123 e. The van der Waals surface area contributed by atoms with Gasteiger partial charge in [-0.25, -0.2) is 0 Å². The summed E-state index contributed by atoms with van der Waals surface area (Å²) in [6.07, 6.45) is 0. The second kappa shape index (κ2) is 5.10. The number of aromatic hydroxyl groups is 2. The van der Waals surface area contributed by atoms with Gasteiger partial charge in [-0.15, -0.1) is 0 Å². The van der Waals surface area contributed by atoms with Gasteiger partial charge in [-0.3, -0.25) is 0 Å². The zero-order valence-corrected chi connectivity index (χ0v) is 10.8. The lowest BCUT2D eigenvalue weighted by atomic mass is 9.93. The fraction of sp³-hybridized carbons (Fsp3) is 0. The van der Waals surface area contributed by atoms with Crippen LogP contribution in [0.2, 0.25) is 0 Å². The summed E-state index contributed by atoms with van der Waals surface area (Å²) in [6.45, 7) is 0. The first-order valence-electron chi connectivity index (χ1n) is 6.43. The van der Waals surface area contributed by atoms with E-state index in [4.69, 9.17) is 0 Å². The van der Waals surface area contributed by atoms with Crippen molar-refractivity contribution in [3.63, 3.8) is 0 Å². The first-order chi connectivity index (χ1) is 9.77. The van der Waals surface area contributed by atoms with E-state index in [1.807, 2.05) is 48.5 Å². The van der Waals surface area contributed by atoms with Crippen molar-refractivity contribution in [1.29, 1.82) is 0 Å². The maximum Gasteiger partial charge on any atom is 0.123 e. The van der Waals surface area contributed by atoms with E-state index in [1.165, 1.54) is 0 Å². The quantitative estimate of drug-likeness (QED) is 0.717. The van der Waals surface area contributed by atoms with Crippen LogP contribution in [0.15, 0.2) is 72.8 Å². The molecule has 2 N–H and O–H groups in total. The molecule has 3 aromatic rings. The van der Waals surface area contributed by atoms with Crippen LogP contribution in [-0.4, -0.2) is 10.2 Å². The van der Waals surface area contributed by atoms with Crippen LogP contribution in [0.4, 0.5) is 0 Å². The molecular formula is C18H14O2. The normalized spacial score (nSPS) is 10.4. The molecule has 0 radical (unpaired) electrons. The summed E-state index contributed by atoms with van der Waals surface area (Å²) in [4.78, 5) is 0. The lowest BCUT2D eigenvalue weighted by Crippen LogP contribution is -1.86. The third-order valence-corrected chi connectivity index (χ3v) is 3.32. The van der Waals surface area contributed by atoms with Gasteiger partial charge in [0.05, 0.1) is 0 Å². The van der Waals surface area contributed by atoms with Crippen molar-refractivity contribution >= 4 is 0 Å². The summed E-state index contributed by atoms with van der Waals surface area (Å²) in [5.74, 6) is 0.464. The Bertz CT molecular complexity index is 683. The van der Waals surface area contributed by atoms with Crippen LogP contribution in [0.1, 0.15) is 0 Å². The van der Waals surface area contributed by atoms with Gasteiger partial charge in [0.15, 0.2) is 0 Å². The predicted octanol–water partition coefficient (Wildman–Crippen LogP) is 4.43. The average Bonchev–Trinajstić information content (AvgIpc) is 2.48. The molecule has 0 unspecified atom stereocenters. The van der Waals surface area contributed by atoms with Crippen LogP contribution in [0.5, 0.6) is 11.5 Å². The van der Waals surface area contributed by atoms with Gasteiger partial charge in [0.1, 0.15) is 11.5 Å². The van der Waals surface area contributed by atoms with E-state index in [-0.39, 0.29) is 11.5 Å². The van der Waals surface area contributed by atoms with E-state index in [0.717, 1.165) is 22.3 Å². The summed E-state index contributed by atoms with van der Waals surface area (Å²) in [5, 5.41) is 20.1. The molecule has 0 aliphatic rings. The Hall–Kier alpha value is -2.74. The maximum atomic E-state index is 10.0. The minimum atomic E-state index is 0.232. The molecule has 98 valence electrons. The molecule has 0 heterocycles. The van der Waals surface area contributed by atoms with Gasteiger partial charge < -0.3 is 10.2 Å². The van der Waals surface area contributed by atoms with Crippen molar-refractivity contribution < 1.29 is 10.2 Å². The van der Waals surface area contributed by atoms with Crippen molar-refractivity contribution in [2.45, 2.75) is 0 Å². The second-order valence-electron chi connectivity index (χ2n) is 4.58. The topological polar surface area (TPSA) is 40.5 Å². The van der Waals surface area contributed by atoms with Crippen molar-refractivity contribution in [1.82, 2.24) is 0 Å². The SMILES string of the molecule is Oc1ccccc1-c1ccccc1-c1ccccc1O. The van der Waals surface area contributed by atoms with Gasteiger partial charge in [-0.2, -0.15) is 0 Å². The van der Waals surface area contributed by atoms with Crippen LogP contribution in [-0.2, 0) is 0 Å². The summed E-state index contributed by atoms with van der Waals surface area (Å²) in [5.41, 5.74) is 3.30. The summed E-state index contributed by atoms with van der Waals surface area (Å²) >= 11 is 0. The molecule has 3 aromatic carbocycles. The molecule has 0 aromatic heterocycles. The number of hydrogen-bond acceptors (Lipinski definition) is 2. The van der Waals surface area contributed by atoms with Crippen LogP contribution >= 0.6 is 0 Å². The number of phenolic OH excluding ortho intramolecular Hbond substituents is 2. The molecule has 0 aliphatic carbocycles. The number of rotatable bonds is 2. The highest BCUT2D eigenvalue weighted by Gasteiger charge is 2.12. The van der Waals surface area contributed by atoms with E-state index in [0.29, 0.717) is 0 Å². The third-order valence-electron chi connectivity index (χ3n) is 3.32. The van der Waals surface area contributed by atoms with Crippen LogP contribution < -0.4 is 0 Å². The molecule has 0 bridgehead atoms. The van der Waals surface area contributed by atoms with Gasteiger partial charge in [0.2, 0.25) is 0 Å². The Morgan fingerprint density at radius 1 is 0.400 bits per heavy atom. The van der Waals surface area contributed by atoms with Crippen molar-refractivity contribution in [3.05, 3.63) is 72.8 Å². The first kappa shape index (κ1) is 12.3. The molecule has 0 spiro atoms. The van der Waals surface area contributed by atoms with Gasteiger partial charge >= 0.3 is 0 Å². The Kier molecular flexibility index (Phi) is 3.13. The minimum absolute atomic E-state index is 0.232. The van der Waals surface area contributed by atoms with Crippen molar-refractivity contribution in [2.75, 3.05) is 0 Å². The summed E-state index contributed by atoms with van der Waals surface area (Å²) in [6, 6.07) is 22.1. The predicted molar refractivity (Wildman–Crippen MR) is 80.6 cm³/mol. The van der Waals surface area contributed by atoms with E-state index in [2.05, 4.69) is 0 Å². The van der Waals surface area contributed by atoms with Gasteiger partial charge in [0, 0.05) is 11.1 Å². The molecule has 0 aliphatic heterocycles. The van der Waals surface area contributed by atoms with E-state index < -0.39 is 0 Å². The Labute approximate surface area is 117 Å². The van der Waals surface area contributed by atoms with E-state index in [9.17, 15) is 10.2 Å². The highest BCUT2D eigenvalue weighted by atomic mass is 16.3. The molecule has 2 nitrogen and oxygen atoms in total. The average molecular weight is 262 g/mol. The first-order valence-corrected chi connectivity index (χ1v) is 6.43. The standard InChI is InChI=1S/C18H14O2/c19-17-11-5-3-9-15(17)13-7-1-2-8-14(13)16-10-4-6-12-18(16)20/h1-12,19-20H. The molecule has 0 amide bonds. The van der Waals surface area contributed by atoms with Crippen LogP contribution in [0.3, 0.4) is 0 Å². The van der Waals surface area contributed by atoms with Gasteiger partial charge in [0.25, 0.3) is 0 Å². The Morgan fingerprint density at radius 2 is 0.700 bits per heavy atom. The van der Waals surface area contributed by atoms with E-state index >= 15 is 0 Å². The fourth-order valence-corrected chi connectivity index (χ4v) is 2.36. The zero-order chi connectivity index (χ0) is 13.9. The molecule has 3 rings (SSSR count). The van der Waals surface area contributed by atoms with Gasteiger partial charge in [-0.05, 0) is 23.3 Å². The highest BCUT2D eigenvalue weighted by molar-refractivity contribution is 5.87. The highest BCUT2D eigenvalue weighted by Crippen LogP contribution is 2.39. The molecule has 0 fully saturated rings. The van der Waals surface area contributed by atoms with Gasteiger partial charge in [-0.1, -0.05) is 60.7 Å². The number of para-hydroxylation sites is 2. The van der Waals surface area contributed by atoms with Crippen molar-refractivity contribution in [2.24, 2.45) is 0 Å². The second-order valence-corrected chi connectivity index (χ2v) is 4.58. The molecule has 0 atom stereocenters. The molecule has 20 heavy (non-hydrogen) atoms. The number of phenols is 2. The minimum Gasteiger partial charge on any atom is -0.507 e. The van der Waals surface area contributed by atoms with Crippen LogP contribution in [0, 0.1) is 0 Å². The zero-order valence-electron chi connectivity index (χ0n) is 10.8. The lowest BCUT2D eigenvalue weighted by molar-refractivity contribution is 0.476. The summed E-state index contributed by atoms with van der Waals surface area (Å²) < 4.78 is 0. The Morgan fingerprint density at radius 3 is 1.05 bits per heavy atom. The molecule has 0 saturated heterocycles. The summed E-state index contributed by atoms with van der Waals surface area (Å²) in [7, 11) is 0. The molecule has 2 heteroatoms. The fourth-order valence-electron chi connectivity index (χ4n) is 2.36. The maximum absolute atomic E-state index is 10.0. The molecular weight excluding hydrogens is 248 g/mol. The number of benzene rings is 3. The van der Waals surface area contributed by atoms with Crippen molar-refractivity contribution in [3.8, 4) is 33.8 Å². The monoisotopic (exact) mass is 262 g/mol. The third kappa shape index (κ3) is 2.12. The largest absolute Gasteiger partial charge is 0.507 e.